The van der Waals surface area contributed by atoms with Gasteiger partial charge in [0.2, 0.25) is 15.9 Å². The lowest BCUT2D eigenvalue weighted by molar-refractivity contribution is -0.126. The molecule has 1 amide bonds. The largest absolute Gasteiger partial charge is 0.492 e. The first-order valence-electron chi connectivity index (χ1n) is 10.7. The molecule has 33 heavy (non-hydrogen) atoms. The van der Waals surface area contributed by atoms with E-state index >= 15 is 0 Å². The minimum Gasteiger partial charge on any atom is -0.492 e. The van der Waals surface area contributed by atoms with Crippen LogP contribution in [0.2, 0.25) is 0 Å². The number of nitrogens with zero attached hydrogens (tertiary/aromatic N) is 1. The Kier molecular flexibility index (Phi) is 6.90. The van der Waals surface area contributed by atoms with Crippen LogP contribution < -0.4 is 10.1 Å². The van der Waals surface area contributed by atoms with Crippen LogP contribution in [0.4, 0.5) is 8.78 Å². The van der Waals surface area contributed by atoms with E-state index in [9.17, 15) is 22.0 Å². The van der Waals surface area contributed by atoms with Crippen molar-refractivity contribution >= 4 is 26.7 Å². The zero-order valence-corrected chi connectivity index (χ0v) is 18.7. The lowest BCUT2D eigenvalue weighted by Crippen LogP contribution is -2.43. The van der Waals surface area contributed by atoms with Gasteiger partial charge in [0.15, 0.2) is 11.6 Å². The summed E-state index contributed by atoms with van der Waals surface area (Å²) in [6, 6.07) is 16.3. The van der Waals surface area contributed by atoms with E-state index in [1.807, 2.05) is 42.5 Å². The van der Waals surface area contributed by atoms with Crippen molar-refractivity contribution < 1.29 is 26.7 Å². The van der Waals surface area contributed by atoms with Crippen molar-refractivity contribution in [3.8, 4) is 5.75 Å². The van der Waals surface area contributed by atoms with Crippen LogP contribution in [0.3, 0.4) is 0 Å². The molecule has 1 heterocycles. The molecule has 0 unspecified atom stereocenters. The summed E-state index contributed by atoms with van der Waals surface area (Å²) in [7, 11) is -3.94. The first kappa shape index (κ1) is 23.1. The fourth-order valence-electron chi connectivity index (χ4n) is 3.89. The lowest BCUT2D eigenvalue weighted by Gasteiger charge is -2.30. The number of hydrogen-bond acceptors (Lipinski definition) is 4. The number of benzene rings is 3. The number of ether oxygens (including phenoxy) is 1. The van der Waals surface area contributed by atoms with Crippen LogP contribution in [0.25, 0.3) is 10.8 Å². The van der Waals surface area contributed by atoms with Crippen molar-refractivity contribution in [1.82, 2.24) is 9.62 Å². The normalized spacial score (nSPS) is 15.5. The average Bonchev–Trinajstić information content (AvgIpc) is 2.83. The highest BCUT2D eigenvalue weighted by molar-refractivity contribution is 7.89. The van der Waals surface area contributed by atoms with Gasteiger partial charge in [-0.05, 0) is 53.9 Å². The molecule has 1 aliphatic rings. The lowest BCUT2D eigenvalue weighted by atomic mass is 9.97. The van der Waals surface area contributed by atoms with Crippen molar-refractivity contribution in [2.75, 3.05) is 26.2 Å². The molecule has 4 rings (SSSR count). The van der Waals surface area contributed by atoms with Crippen molar-refractivity contribution in [3.05, 3.63) is 72.3 Å². The molecule has 0 spiro atoms. The van der Waals surface area contributed by atoms with Crippen molar-refractivity contribution in [3.63, 3.8) is 0 Å². The Morgan fingerprint density at radius 2 is 1.70 bits per heavy atom. The number of hydrogen-bond donors (Lipinski definition) is 1. The molecular formula is C24H24F2N2O4S. The number of amides is 1. The number of sulfonamides is 1. The highest BCUT2D eigenvalue weighted by atomic mass is 32.2. The van der Waals surface area contributed by atoms with Crippen LogP contribution >= 0.6 is 0 Å². The van der Waals surface area contributed by atoms with Gasteiger partial charge in [0.25, 0.3) is 0 Å². The summed E-state index contributed by atoms with van der Waals surface area (Å²) in [6.45, 7) is 0.909. The van der Waals surface area contributed by atoms with E-state index in [1.54, 1.807) is 0 Å². The zero-order chi connectivity index (χ0) is 23.4. The second-order valence-corrected chi connectivity index (χ2v) is 9.84. The average molecular weight is 475 g/mol. The van der Waals surface area contributed by atoms with Crippen LogP contribution in [0.15, 0.2) is 65.6 Å². The molecule has 0 bridgehead atoms. The summed E-state index contributed by atoms with van der Waals surface area (Å²) < 4.78 is 58.8. The van der Waals surface area contributed by atoms with Crippen molar-refractivity contribution in [2.24, 2.45) is 5.92 Å². The Balaban J connectivity index is 1.24. The number of rotatable bonds is 7. The molecule has 1 aliphatic heterocycles. The van der Waals surface area contributed by atoms with E-state index in [4.69, 9.17) is 4.74 Å². The third kappa shape index (κ3) is 5.31. The van der Waals surface area contributed by atoms with Crippen LogP contribution in [0.5, 0.6) is 5.75 Å². The van der Waals surface area contributed by atoms with Gasteiger partial charge in [-0.1, -0.05) is 30.3 Å². The summed E-state index contributed by atoms with van der Waals surface area (Å²) in [5.41, 5.74) is 0. The smallest absolute Gasteiger partial charge is 0.243 e. The third-order valence-corrected chi connectivity index (χ3v) is 7.64. The Hall–Kier alpha value is -3.04. The highest BCUT2D eigenvalue weighted by Gasteiger charge is 2.32. The van der Waals surface area contributed by atoms with E-state index in [0.29, 0.717) is 32.1 Å². The van der Waals surface area contributed by atoms with Crippen LogP contribution in [-0.4, -0.2) is 44.9 Å². The number of carbonyl (C=O) groups is 1. The SMILES string of the molecule is O=C(NCCOc1ccc2ccccc2c1)C1CCN(S(=O)(=O)c2ccc(F)c(F)c2)CC1. The van der Waals surface area contributed by atoms with E-state index in [1.165, 1.54) is 4.31 Å². The van der Waals surface area contributed by atoms with E-state index in [-0.39, 0.29) is 29.8 Å². The second-order valence-electron chi connectivity index (χ2n) is 7.90. The molecule has 3 aromatic carbocycles. The predicted octanol–water partition coefficient (Wildman–Crippen LogP) is 3.71. The third-order valence-electron chi connectivity index (χ3n) is 5.74. The van der Waals surface area contributed by atoms with Gasteiger partial charge in [-0.3, -0.25) is 4.79 Å². The van der Waals surface area contributed by atoms with Gasteiger partial charge < -0.3 is 10.1 Å². The van der Waals surface area contributed by atoms with E-state index in [0.717, 1.165) is 28.7 Å². The van der Waals surface area contributed by atoms with Gasteiger partial charge in [0.1, 0.15) is 12.4 Å². The monoisotopic (exact) mass is 474 g/mol. The molecule has 9 heteroatoms. The molecule has 0 radical (unpaired) electrons. The number of carbonyl (C=O) groups excluding carboxylic acids is 1. The summed E-state index contributed by atoms with van der Waals surface area (Å²) in [5, 5.41) is 5.03. The topological polar surface area (TPSA) is 75.7 Å². The fourth-order valence-corrected chi connectivity index (χ4v) is 5.37. The molecule has 0 saturated carbocycles. The molecule has 1 fully saturated rings. The fraction of sp³-hybridized carbons (Fsp3) is 0.292. The first-order chi connectivity index (χ1) is 15.8. The Morgan fingerprint density at radius 3 is 2.42 bits per heavy atom. The Morgan fingerprint density at radius 1 is 0.970 bits per heavy atom. The molecular weight excluding hydrogens is 450 g/mol. The summed E-state index contributed by atoms with van der Waals surface area (Å²) in [5.74, 6) is -2.06. The molecule has 1 saturated heterocycles. The van der Waals surface area contributed by atoms with Gasteiger partial charge >= 0.3 is 0 Å². The van der Waals surface area contributed by atoms with Gasteiger partial charge in [-0.15, -0.1) is 0 Å². The molecule has 0 aliphatic carbocycles. The van der Waals surface area contributed by atoms with Crippen LogP contribution in [0.1, 0.15) is 12.8 Å². The van der Waals surface area contributed by atoms with Crippen molar-refractivity contribution in [2.45, 2.75) is 17.7 Å². The maximum Gasteiger partial charge on any atom is 0.243 e. The van der Waals surface area contributed by atoms with Gasteiger partial charge in [-0.25, -0.2) is 17.2 Å². The van der Waals surface area contributed by atoms with Gasteiger partial charge in [-0.2, -0.15) is 4.31 Å². The maximum atomic E-state index is 13.4. The molecule has 0 aromatic heterocycles. The summed E-state index contributed by atoms with van der Waals surface area (Å²) in [4.78, 5) is 12.2. The highest BCUT2D eigenvalue weighted by Crippen LogP contribution is 2.25. The Bertz CT molecular complexity index is 1260. The number of halogens is 2. The molecule has 6 nitrogen and oxygen atoms in total. The number of nitrogens with one attached hydrogen (secondary N) is 1. The summed E-state index contributed by atoms with van der Waals surface area (Å²) >= 11 is 0. The second kappa shape index (κ2) is 9.84. The minimum atomic E-state index is -3.94. The van der Waals surface area contributed by atoms with Crippen LogP contribution in [0, 0.1) is 17.6 Å². The molecule has 1 N–H and O–H groups in total. The number of piperidine rings is 1. The standard InChI is InChI=1S/C24H24F2N2O4S/c25-22-8-7-21(16-23(22)26)33(30,31)28-12-9-18(10-13-28)24(29)27-11-14-32-20-6-5-17-3-1-2-4-19(17)15-20/h1-8,15-16,18H,9-14H2,(H,27,29). The quantitative estimate of drug-likeness (QED) is 0.530. The van der Waals surface area contributed by atoms with Crippen LogP contribution in [-0.2, 0) is 14.8 Å². The van der Waals surface area contributed by atoms with E-state index < -0.39 is 21.7 Å². The first-order valence-corrected chi connectivity index (χ1v) is 12.1. The maximum absolute atomic E-state index is 13.4. The molecule has 3 aromatic rings. The summed E-state index contributed by atoms with van der Waals surface area (Å²) in [6.07, 6.45) is 0.695. The molecule has 0 atom stereocenters. The van der Waals surface area contributed by atoms with Gasteiger partial charge in [0, 0.05) is 19.0 Å². The predicted molar refractivity (Wildman–Crippen MR) is 120 cm³/mol. The minimum absolute atomic E-state index is 0.132. The van der Waals surface area contributed by atoms with Gasteiger partial charge in [0.05, 0.1) is 11.4 Å². The van der Waals surface area contributed by atoms with Crippen molar-refractivity contribution in [1.29, 1.82) is 0 Å². The Labute approximate surface area is 191 Å². The number of fused-ring (bicyclic) bond motifs is 1. The van der Waals surface area contributed by atoms with E-state index in [2.05, 4.69) is 5.32 Å². The molecule has 174 valence electrons. The zero-order valence-electron chi connectivity index (χ0n) is 17.8.